The number of rotatable bonds is 5. The summed E-state index contributed by atoms with van der Waals surface area (Å²) in [6.07, 6.45) is -1.77. The fraction of sp³-hybridized carbons (Fsp3) is 0.207. The molecule has 1 N–H and O–H groups in total. The topological polar surface area (TPSA) is 101 Å². The van der Waals surface area contributed by atoms with Crippen molar-refractivity contribution in [1.29, 1.82) is 0 Å². The third kappa shape index (κ3) is 4.81. The summed E-state index contributed by atoms with van der Waals surface area (Å²) in [6, 6.07) is 14.9. The number of benzene rings is 2. The Kier molecular flexibility index (Phi) is 7.01. The molecule has 0 bridgehead atoms. The smallest absolute Gasteiger partial charge is 0.325 e. The van der Waals surface area contributed by atoms with Crippen LogP contribution < -0.4 is 15.1 Å². The molecule has 4 aromatic rings. The molecule has 214 valence electrons. The number of imide groups is 1. The molecule has 1 saturated heterocycles. The van der Waals surface area contributed by atoms with Crippen LogP contribution in [0.3, 0.4) is 0 Å². The number of anilines is 2. The van der Waals surface area contributed by atoms with E-state index in [2.05, 4.69) is 10.3 Å². The van der Waals surface area contributed by atoms with Gasteiger partial charge in [0.05, 0.1) is 22.2 Å². The van der Waals surface area contributed by atoms with Crippen molar-refractivity contribution in [2.45, 2.75) is 35.8 Å². The van der Waals surface area contributed by atoms with Gasteiger partial charge in [0.15, 0.2) is 0 Å². The van der Waals surface area contributed by atoms with Crippen LogP contribution in [0.25, 0.3) is 0 Å². The number of halogens is 3. The van der Waals surface area contributed by atoms with Crippen LogP contribution >= 0.6 is 23.1 Å². The molecule has 3 amide bonds. The van der Waals surface area contributed by atoms with Crippen molar-refractivity contribution in [3.05, 3.63) is 104 Å². The normalized spacial score (nSPS) is 19.9. The zero-order valence-corrected chi connectivity index (χ0v) is 23.4. The maximum absolute atomic E-state index is 13.9. The predicted octanol–water partition coefficient (Wildman–Crippen LogP) is 5.07. The second-order valence-electron chi connectivity index (χ2n) is 9.90. The highest BCUT2D eigenvalue weighted by atomic mass is 32.2. The Morgan fingerprint density at radius 2 is 1.81 bits per heavy atom. The molecular formula is C29H21F3N4O4S2. The number of fused-ring (bicyclic) bond motifs is 2. The van der Waals surface area contributed by atoms with E-state index in [9.17, 15) is 32.3 Å². The van der Waals surface area contributed by atoms with Gasteiger partial charge in [0, 0.05) is 28.9 Å². The van der Waals surface area contributed by atoms with Gasteiger partial charge in [-0.25, -0.2) is 4.90 Å². The van der Waals surface area contributed by atoms with Gasteiger partial charge in [-0.3, -0.25) is 28.7 Å². The van der Waals surface area contributed by atoms with E-state index in [0.717, 1.165) is 40.8 Å². The van der Waals surface area contributed by atoms with Gasteiger partial charge in [0.1, 0.15) is 11.8 Å². The minimum Gasteiger partial charge on any atom is -0.325 e. The lowest BCUT2D eigenvalue weighted by Gasteiger charge is -2.30. The van der Waals surface area contributed by atoms with E-state index in [0.29, 0.717) is 26.1 Å². The molecule has 8 nitrogen and oxygen atoms in total. The molecule has 0 aliphatic carbocycles. The monoisotopic (exact) mass is 610 g/mol. The molecule has 0 spiro atoms. The van der Waals surface area contributed by atoms with Gasteiger partial charge in [0.2, 0.25) is 17.7 Å². The quantitative estimate of drug-likeness (QED) is 0.317. The van der Waals surface area contributed by atoms with Crippen molar-refractivity contribution in [1.82, 2.24) is 9.55 Å². The first-order valence-corrected chi connectivity index (χ1v) is 14.4. The Balaban J connectivity index is 1.42. The van der Waals surface area contributed by atoms with Gasteiger partial charge >= 0.3 is 11.0 Å². The third-order valence-electron chi connectivity index (χ3n) is 7.15. The van der Waals surface area contributed by atoms with E-state index in [1.165, 1.54) is 29.1 Å². The maximum Gasteiger partial charge on any atom is 0.418 e. The van der Waals surface area contributed by atoms with Crippen LogP contribution in [0.5, 0.6) is 0 Å². The van der Waals surface area contributed by atoms with Crippen LogP contribution in [0.15, 0.2) is 82.9 Å². The summed E-state index contributed by atoms with van der Waals surface area (Å²) in [5.74, 6) is -4.01. The number of aromatic nitrogens is 2. The number of nitrogens with one attached hydrogen (secondary N) is 1. The number of aryl methyl sites for hydroxylation is 1. The van der Waals surface area contributed by atoms with Crippen LogP contribution in [-0.4, -0.2) is 32.5 Å². The van der Waals surface area contributed by atoms with E-state index in [1.54, 1.807) is 30.3 Å². The van der Waals surface area contributed by atoms with Gasteiger partial charge in [-0.05, 0) is 48.4 Å². The number of thiazole rings is 1. The summed E-state index contributed by atoms with van der Waals surface area (Å²) in [6.45, 7) is 1.52. The standard InChI is InChI=1S/C29H21F3N4O4S2/c1-15-6-4-8-17(12-15)34-20(37)14-35-27-24(42-28(35)40)21(16-7-5-11-33-13-16)22-23(41-27)26(39)36(25(22)38)19-10-3-2-9-18(19)29(30,31)32/h2-13,21-23H,14H2,1H3,(H,34,37)/t21-,22-,23+/m0/s1. The highest BCUT2D eigenvalue weighted by molar-refractivity contribution is 8.00. The second kappa shape index (κ2) is 10.6. The van der Waals surface area contributed by atoms with Crippen molar-refractivity contribution >= 4 is 52.2 Å². The van der Waals surface area contributed by atoms with Crippen LogP contribution in [-0.2, 0) is 27.1 Å². The lowest BCUT2D eigenvalue weighted by Crippen LogP contribution is -2.33. The number of carbonyl (C=O) groups is 3. The van der Waals surface area contributed by atoms with E-state index < -0.39 is 57.1 Å². The first-order valence-electron chi connectivity index (χ1n) is 12.7. The summed E-state index contributed by atoms with van der Waals surface area (Å²) in [7, 11) is 0. The van der Waals surface area contributed by atoms with Crippen molar-refractivity contribution in [2.75, 3.05) is 10.2 Å². The maximum atomic E-state index is 13.9. The largest absolute Gasteiger partial charge is 0.418 e. The average molecular weight is 611 g/mol. The number of para-hydroxylation sites is 1. The van der Waals surface area contributed by atoms with Crippen molar-refractivity contribution < 1.29 is 27.6 Å². The first-order chi connectivity index (χ1) is 20.0. The molecule has 13 heteroatoms. The number of nitrogens with zero attached hydrogens (tertiary/aromatic N) is 3. The van der Waals surface area contributed by atoms with E-state index in [4.69, 9.17) is 0 Å². The molecule has 2 aliphatic heterocycles. The SMILES string of the molecule is Cc1cccc(NC(=O)Cn2c3c(sc2=O)[C@@H](c2cccnc2)[C@@H]2C(=O)N(c4ccccc4C(F)(F)F)C(=O)[C@@H]2S3)c1. The van der Waals surface area contributed by atoms with Crippen molar-refractivity contribution in [2.24, 2.45) is 5.92 Å². The Hall–Kier alpha value is -4.23. The molecule has 0 unspecified atom stereocenters. The number of hydrogen-bond acceptors (Lipinski definition) is 7. The highest BCUT2D eigenvalue weighted by Gasteiger charge is 2.57. The highest BCUT2D eigenvalue weighted by Crippen LogP contribution is 2.54. The zero-order valence-electron chi connectivity index (χ0n) is 21.8. The molecule has 0 radical (unpaired) electrons. The fourth-order valence-corrected chi connectivity index (χ4v) is 8.16. The second-order valence-corrected chi connectivity index (χ2v) is 12.0. The number of pyridine rings is 1. The Morgan fingerprint density at radius 3 is 2.52 bits per heavy atom. The van der Waals surface area contributed by atoms with Gasteiger partial charge in [-0.1, -0.05) is 53.4 Å². The van der Waals surface area contributed by atoms with E-state index >= 15 is 0 Å². The molecule has 42 heavy (non-hydrogen) atoms. The van der Waals surface area contributed by atoms with Gasteiger partial charge in [-0.2, -0.15) is 13.2 Å². The van der Waals surface area contributed by atoms with Gasteiger partial charge < -0.3 is 5.32 Å². The van der Waals surface area contributed by atoms with Crippen molar-refractivity contribution in [3.8, 4) is 0 Å². The average Bonchev–Trinajstić information content (AvgIpc) is 3.39. The summed E-state index contributed by atoms with van der Waals surface area (Å²) in [4.78, 5) is 58.6. The van der Waals surface area contributed by atoms with Crippen LogP contribution in [0, 0.1) is 12.8 Å². The minimum absolute atomic E-state index is 0.326. The summed E-state index contributed by atoms with van der Waals surface area (Å²) >= 11 is 1.77. The molecule has 6 rings (SSSR count). The lowest BCUT2D eigenvalue weighted by molar-refractivity contribution is -0.137. The third-order valence-corrected chi connectivity index (χ3v) is 9.75. The minimum atomic E-state index is -4.80. The molecule has 2 aromatic carbocycles. The van der Waals surface area contributed by atoms with Gasteiger partial charge in [-0.15, -0.1) is 0 Å². The molecule has 0 saturated carbocycles. The molecule has 2 aromatic heterocycles. The molecule has 1 fully saturated rings. The Labute approximate surface area is 245 Å². The first kappa shape index (κ1) is 27.9. The summed E-state index contributed by atoms with van der Waals surface area (Å²) < 4.78 is 42.9. The number of alkyl halides is 3. The van der Waals surface area contributed by atoms with Crippen LogP contribution in [0.4, 0.5) is 24.5 Å². The molecule has 2 aliphatic rings. The zero-order chi connectivity index (χ0) is 29.8. The molecule has 3 atom stereocenters. The number of amides is 3. The summed E-state index contributed by atoms with van der Waals surface area (Å²) in [5.41, 5.74) is 0.359. The Bertz CT molecular complexity index is 1790. The summed E-state index contributed by atoms with van der Waals surface area (Å²) in [5, 5.41) is 1.96. The molecular weight excluding hydrogens is 589 g/mol. The molecule has 4 heterocycles. The van der Waals surface area contributed by atoms with E-state index in [1.807, 2.05) is 13.0 Å². The van der Waals surface area contributed by atoms with Crippen LogP contribution in [0.1, 0.15) is 27.5 Å². The van der Waals surface area contributed by atoms with Crippen molar-refractivity contribution in [3.63, 3.8) is 0 Å². The number of thioether (sulfide) groups is 1. The number of carbonyl (C=O) groups excluding carboxylic acids is 3. The Morgan fingerprint density at radius 1 is 1.02 bits per heavy atom. The van der Waals surface area contributed by atoms with E-state index in [-0.39, 0.29) is 6.54 Å². The van der Waals surface area contributed by atoms with Gasteiger partial charge in [0.25, 0.3) is 0 Å². The predicted molar refractivity (Wildman–Crippen MR) is 152 cm³/mol. The lowest BCUT2D eigenvalue weighted by atomic mass is 9.84. The number of hydrogen-bond donors (Lipinski definition) is 1. The fourth-order valence-electron chi connectivity index (χ4n) is 5.39. The van der Waals surface area contributed by atoms with Crippen LogP contribution in [0.2, 0.25) is 0 Å².